The van der Waals surface area contributed by atoms with Gasteiger partial charge in [-0.15, -0.1) is 0 Å². The predicted molar refractivity (Wildman–Crippen MR) is 120 cm³/mol. The highest BCUT2D eigenvalue weighted by Gasteiger charge is 2.50. The molecule has 2 aromatic carbocycles. The maximum absolute atomic E-state index is 13.2. The van der Waals surface area contributed by atoms with Crippen LogP contribution < -0.4 is 5.73 Å². The van der Waals surface area contributed by atoms with Crippen molar-refractivity contribution in [1.82, 2.24) is 0 Å². The van der Waals surface area contributed by atoms with Crippen LogP contribution in [0.25, 0.3) is 0 Å². The fourth-order valence-electron chi connectivity index (χ4n) is 3.16. The fourth-order valence-corrected chi connectivity index (χ4v) is 4.17. The molecule has 0 amide bonds. The molecule has 8 nitrogen and oxygen atoms in total. The second-order valence-corrected chi connectivity index (χ2v) is 9.88. The number of hydrogen-bond acceptors (Lipinski definition) is 8. The van der Waals surface area contributed by atoms with Gasteiger partial charge in [0.2, 0.25) is 17.4 Å². The van der Waals surface area contributed by atoms with E-state index in [9.17, 15) is 22.4 Å². The van der Waals surface area contributed by atoms with E-state index in [2.05, 4.69) is 4.74 Å². The normalized spacial score (nSPS) is 18.9. The summed E-state index contributed by atoms with van der Waals surface area (Å²) in [5, 5.41) is 0. The summed E-state index contributed by atoms with van der Waals surface area (Å²) in [6.07, 6.45) is 0. The molecule has 0 saturated carbocycles. The summed E-state index contributed by atoms with van der Waals surface area (Å²) in [5.41, 5.74) is 4.99. The molecule has 2 N–H and O–H groups in total. The number of Topliss-reactive ketones (excluding diaryl/α,β-unsaturated/α-hetero) is 1. The van der Waals surface area contributed by atoms with Gasteiger partial charge < -0.3 is 19.4 Å². The number of rotatable bonds is 6. The van der Waals surface area contributed by atoms with Crippen molar-refractivity contribution >= 4 is 45.4 Å². The van der Waals surface area contributed by atoms with Crippen LogP contribution in [0, 0.1) is 5.82 Å². The topological polar surface area (TPSA) is 122 Å². The molecule has 1 aliphatic rings. The maximum atomic E-state index is 13.2. The molecule has 0 radical (unpaired) electrons. The van der Waals surface area contributed by atoms with Gasteiger partial charge in [0.25, 0.3) is 0 Å². The number of ether oxygens (including phenoxy) is 2. The van der Waals surface area contributed by atoms with E-state index in [-0.39, 0.29) is 11.1 Å². The average Bonchev–Trinajstić information content (AvgIpc) is 2.97. The van der Waals surface area contributed by atoms with E-state index >= 15 is 0 Å². The third-order valence-electron chi connectivity index (χ3n) is 5.39. The van der Waals surface area contributed by atoms with Crippen LogP contribution in [0.2, 0.25) is 0 Å². The molecule has 0 saturated heterocycles. The van der Waals surface area contributed by atoms with Gasteiger partial charge in [-0.05, 0) is 35.4 Å². The number of nitrogens with two attached hydrogens (primary N) is 1. The van der Waals surface area contributed by atoms with E-state index in [1.165, 1.54) is 67.0 Å². The third-order valence-corrected chi connectivity index (χ3v) is 7.26. The monoisotopic (exact) mass is 457 g/mol. The van der Waals surface area contributed by atoms with Crippen molar-refractivity contribution in [3.63, 3.8) is 0 Å². The molecule has 1 atom stereocenters. The summed E-state index contributed by atoms with van der Waals surface area (Å²) in [6.45, 7) is 0. The lowest BCUT2D eigenvalue weighted by atomic mass is 9.65. The lowest BCUT2D eigenvalue weighted by molar-refractivity contribution is -0.126. The zero-order chi connectivity index (χ0) is 23.9. The van der Waals surface area contributed by atoms with Crippen LogP contribution >= 0.6 is 0 Å². The SMILES string of the molecule is BC(B)(c1ccc(F)cc1)S(=O)(=O)OC1=C(N)O[C@@](B)(c2ccc(C(=O)OC)cc2)C1=O. The van der Waals surface area contributed by atoms with Gasteiger partial charge >= 0.3 is 16.1 Å². The van der Waals surface area contributed by atoms with Gasteiger partial charge in [0, 0.05) is 0 Å². The van der Waals surface area contributed by atoms with Crippen LogP contribution in [0.1, 0.15) is 21.5 Å². The van der Waals surface area contributed by atoms with Gasteiger partial charge in [-0.25, -0.2) is 9.18 Å². The Hall–Kier alpha value is -3.21. The van der Waals surface area contributed by atoms with E-state index in [1.807, 2.05) is 0 Å². The number of halogens is 1. The molecule has 1 heterocycles. The summed E-state index contributed by atoms with van der Waals surface area (Å²) in [6, 6.07) is 10.7. The van der Waals surface area contributed by atoms with Crippen LogP contribution in [0.4, 0.5) is 4.39 Å². The largest absolute Gasteiger partial charge is 0.467 e. The molecule has 164 valence electrons. The first kappa shape index (κ1) is 23.5. The van der Waals surface area contributed by atoms with E-state index in [1.54, 1.807) is 0 Å². The van der Waals surface area contributed by atoms with Crippen molar-refractivity contribution in [3.8, 4) is 0 Å². The molecule has 1 aliphatic heterocycles. The van der Waals surface area contributed by atoms with Gasteiger partial charge in [0.05, 0.1) is 17.2 Å². The number of esters is 1. The third kappa shape index (κ3) is 3.88. The van der Waals surface area contributed by atoms with Crippen LogP contribution in [0.15, 0.2) is 60.2 Å². The Morgan fingerprint density at radius 1 is 1.12 bits per heavy atom. The lowest BCUT2D eigenvalue weighted by Crippen LogP contribution is -2.40. The first-order valence-corrected chi connectivity index (χ1v) is 10.9. The number of ketones is 1. The summed E-state index contributed by atoms with van der Waals surface area (Å²) < 4.78 is 53.0. The Bertz CT molecular complexity index is 1210. The highest BCUT2D eigenvalue weighted by Crippen LogP contribution is 2.38. The maximum Gasteiger partial charge on any atom is 0.337 e. The first-order chi connectivity index (χ1) is 14.8. The summed E-state index contributed by atoms with van der Waals surface area (Å²) in [7, 11) is 0.911. The standard InChI is InChI=1S/C19H19B3FNO7S/c1-29-17(26)10-2-4-11(5-3-10)18(20)15(25)14(16(24)30-18)31-32(27,28)19(21,22)12-6-8-13(23)9-7-12/h2-9H,20-22,24H2,1H3/t18-/m0/s1. The number of carbonyl (C=O) groups excluding carboxylic acids is 2. The van der Waals surface area contributed by atoms with Crippen molar-refractivity contribution in [3.05, 3.63) is 82.7 Å². The quantitative estimate of drug-likeness (QED) is 0.318. The van der Waals surface area contributed by atoms with Crippen molar-refractivity contribution in [2.75, 3.05) is 7.11 Å². The van der Waals surface area contributed by atoms with Gasteiger partial charge in [0.1, 0.15) is 21.5 Å². The minimum absolute atomic E-state index is 0.255. The first-order valence-electron chi connectivity index (χ1n) is 9.46. The molecule has 0 fully saturated rings. The van der Waals surface area contributed by atoms with Crippen molar-refractivity contribution in [2.45, 2.75) is 10.0 Å². The van der Waals surface area contributed by atoms with E-state index in [0.717, 1.165) is 12.1 Å². The smallest absolute Gasteiger partial charge is 0.337 e. The number of carbonyl (C=O) groups is 2. The average molecular weight is 457 g/mol. The molecule has 0 unspecified atom stereocenters. The van der Waals surface area contributed by atoms with E-state index < -0.39 is 49.4 Å². The van der Waals surface area contributed by atoms with Gasteiger partial charge in [-0.3, -0.25) is 4.79 Å². The molecule has 0 bridgehead atoms. The Morgan fingerprint density at radius 2 is 1.69 bits per heavy atom. The molecule has 32 heavy (non-hydrogen) atoms. The minimum atomic E-state index is -4.45. The molecule has 3 rings (SSSR count). The van der Waals surface area contributed by atoms with Crippen molar-refractivity contribution in [2.24, 2.45) is 5.73 Å². The predicted octanol–water partition coefficient (Wildman–Crippen LogP) is -1.45. The molecule has 13 heteroatoms. The number of hydrogen-bond donors (Lipinski definition) is 1. The molecular formula is C19H19B3FNO7S. The van der Waals surface area contributed by atoms with E-state index in [0.29, 0.717) is 5.56 Å². The Morgan fingerprint density at radius 3 is 2.22 bits per heavy atom. The zero-order valence-electron chi connectivity index (χ0n) is 17.8. The minimum Gasteiger partial charge on any atom is -0.467 e. The van der Waals surface area contributed by atoms with Crippen LogP contribution in [-0.4, -0.2) is 50.8 Å². The highest BCUT2D eigenvalue weighted by molar-refractivity contribution is 7.90. The Kier molecular flexibility index (Phi) is 5.90. The molecule has 0 aromatic heterocycles. The van der Waals surface area contributed by atoms with Crippen LogP contribution in [0.5, 0.6) is 0 Å². The molecule has 0 aliphatic carbocycles. The van der Waals surface area contributed by atoms with Crippen molar-refractivity contribution < 1.29 is 36.1 Å². The Labute approximate surface area is 187 Å². The second kappa shape index (κ2) is 8.05. The number of benzene rings is 2. The van der Waals surface area contributed by atoms with Crippen LogP contribution in [-0.2, 0) is 38.6 Å². The van der Waals surface area contributed by atoms with Crippen LogP contribution in [0.3, 0.4) is 0 Å². The highest BCUT2D eigenvalue weighted by atomic mass is 32.2. The second-order valence-electron chi connectivity index (χ2n) is 7.78. The van der Waals surface area contributed by atoms with Crippen molar-refractivity contribution in [1.29, 1.82) is 0 Å². The summed E-state index contributed by atoms with van der Waals surface area (Å²) in [4.78, 5) is 24.7. The molecular weight excluding hydrogens is 438 g/mol. The van der Waals surface area contributed by atoms with Gasteiger partial charge in [-0.1, -0.05) is 24.3 Å². The van der Waals surface area contributed by atoms with Gasteiger partial charge in [0.15, 0.2) is 13.3 Å². The lowest BCUT2D eigenvalue weighted by Gasteiger charge is -2.26. The van der Waals surface area contributed by atoms with Gasteiger partial charge in [-0.2, -0.15) is 8.42 Å². The number of methoxy groups -OCH3 is 1. The molecule has 2 aromatic rings. The molecule has 0 spiro atoms. The summed E-state index contributed by atoms with van der Waals surface area (Å²) >= 11 is 0. The Balaban J connectivity index is 1.89. The summed E-state index contributed by atoms with van der Waals surface area (Å²) in [5.74, 6) is -3.04. The van der Waals surface area contributed by atoms with E-state index in [4.69, 9.17) is 14.7 Å². The fraction of sp³-hybridized carbons (Fsp3) is 0.158. The zero-order valence-corrected chi connectivity index (χ0v) is 18.7.